The summed E-state index contributed by atoms with van der Waals surface area (Å²) in [7, 11) is 0. The summed E-state index contributed by atoms with van der Waals surface area (Å²) in [4.78, 5) is 2.72. The summed E-state index contributed by atoms with van der Waals surface area (Å²) < 4.78 is 0. The van der Waals surface area contributed by atoms with Crippen LogP contribution in [0.25, 0.3) is 0 Å². The summed E-state index contributed by atoms with van der Waals surface area (Å²) in [5.41, 5.74) is 0.530. The minimum atomic E-state index is 0.530. The fourth-order valence-corrected chi connectivity index (χ4v) is 3.39. The van der Waals surface area contributed by atoms with Crippen molar-refractivity contribution in [2.24, 2.45) is 5.92 Å². The second-order valence-corrected chi connectivity index (χ2v) is 5.92. The molecular weight excluding hydrogens is 184 g/mol. The van der Waals surface area contributed by atoms with Gasteiger partial charge < -0.3 is 10.2 Å². The molecule has 2 nitrogen and oxygen atoms in total. The lowest BCUT2D eigenvalue weighted by Crippen LogP contribution is -2.59. The van der Waals surface area contributed by atoms with Gasteiger partial charge in [0.2, 0.25) is 0 Å². The van der Waals surface area contributed by atoms with Crippen molar-refractivity contribution in [3.63, 3.8) is 0 Å². The number of hydrogen-bond acceptors (Lipinski definition) is 2. The zero-order valence-corrected chi connectivity index (χ0v) is 9.80. The summed E-state index contributed by atoms with van der Waals surface area (Å²) in [6.07, 6.45) is 10.2. The normalized spacial score (nSPS) is 31.2. The molecule has 1 heterocycles. The van der Waals surface area contributed by atoms with Gasteiger partial charge in [-0.05, 0) is 31.7 Å². The van der Waals surface area contributed by atoms with Crippen molar-refractivity contribution in [1.29, 1.82) is 0 Å². The molecule has 3 fully saturated rings. The van der Waals surface area contributed by atoms with E-state index in [0.29, 0.717) is 5.54 Å². The molecule has 0 unspecified atom stereocenters. The molecule has 0 bridgehead atoms. The minimum Gasteiger partial charge on any atom is -0.309 e. The summed E-state index contributed by atoms with van der Waals surface area (Å²) >= 11 is 0. The number of piperazine rings is 1. The van der Waals surface area contributed by atoms with Gasteiger partial charge in [-0.2, -0.15) is 0 Å². The Kier molecular flexibility index (Phi) is 2.73. The van der Waals surface area contributed by atoms with Crippen molar-refractivity contribution in [3.05, 3.63) is 0 Å². The Morgan fingerprint density at radius 2 is 2.00 bits per heavy atom. The van der Waals surface area contributed by atoms with E-state index in [-0.39, 0.29) is 0 Å². The number of nitrogens with one attached hydrogen (secondary N) is 1. The molecule has 15 heavy (non-hydrogen) atoms. The van der Waals surface area contributed by atoms with Gasteiger partial charge in [0.25, 0.3) is 0 Å². The Hall–Kier alpha value is -0.0800. The highest BCUT2D eigenvalue weighted by Crippen LogP contribution is 2.34. The van der Waals surface area contributed by atoms with E-state index in [4.69, 9.17) is 0 Å². The predicted molar refractivity (Wildman–Crippen MR) is 63.0 cm³/mol. The highest BCUT2D eigenvalue weighted by Gasteiger charge is 2.37. The first-order valence-electron chi connectivity index (χ1n) is 6.84. The molecule has 0 radical (unpaired) electrons. The quantitative estimate of drug-likeness (QED) is 0.763. The average Bonchev–Trinajstić information content (AvgIpc) is 2.99. The van der Waals surface area contributed by atoms with Crippen LogP contribution in [0.2, 0.25) is 0 Å². The second-order valence-electron chi connectivity index (χ2n) is 5.92. The molecule has 1 aliphatic heterocycles. The molecule has 2 aliphatic carbocycles. The van der Waals surface area contributed by atoms with Gasteiger partial charge in [0.1, 0.15) is 0 Å². The van der Waals surface area contributed by atoms with Crippen LogP contribution in [0, 0.1) is 5.92 Å². The van der Waals surface area contributed by atoms with Crippen molar-refractivity contribution in [3.8, 4) is 0 Å². The number of nitrogens with zero attached hydrogens (tertiary/aromatic N) is 1. The lowest BCUT2D eigenvalue weighted by atomic mass is 9.94. The third-order valence-corrected chi connectivity index (χ3v) is 4.57. The van der Waals surface area contributed by atoms with E-state index in [1.54, 1.807) is 0 Å². The summed E-state index contributed by atoms with van der Waals surface area (Å²) in [5.74, 6) is 1.10. The third kappa shape index (κ3) is 2.36. The van der Waals surface area contributed by atoms with Crippen LogP contribution in [0.3, 0.4) is 0 Å². The Balaban J connectivity index is 1.51. The van der Waals surface area contributed by atoms with Crippen LogP contribution < -0.4 is 5.32 Å². The van der Waals surface area contributed by atoms with E-state index in [0.717, 1.165) is 5.92 Å². The van der Waals surface area contributed by atoms with Crippen LogP contribution in [-0.2, 0) is 0 Å². The van der Waals surface area contributed by atoms with E-state index in [1.807, 2.05) is 0 Å². The highest BCUT2D eigenvalue weighted by atomic mass is 15.2. The lowest BCUT2D eigenvalue weighted by molar-refractivity contribution is 0.132. The van der Waals surface area contributed by atoms with Gasteiger partial charge >= 0.3 is 0 Å². The van der Waals surface area contributed by atoms with Crippen LogP contribution in [0.15, 0.2) is 0 Å². The first-order chi connectivity index (χ1) is 7.36. The molecule has 2 saturated carbocycles. The molecule has 0 aromatic rings. The van der Waals surface area contributed by atoms with Crippen molar-refractivity contribution < 1.29 is 0 Å². The summed E-state index contributed by atoms with van der Waals surface area (Å²) in [6, 6.07) is 0. The largest absolute Gasteiger partial charge is 0.309 e. The van der Waals surface area contributed by atoms with Gasteiger partial charge in [0.05, 0.1) is 0 Å². The first kappa shape index (κ1) is 10.1. The van der Waals surface area contributed by atoms with Gasteiger partial charge in [0.15, 0.2) is 0 Å². The van der Waals surface area contributed by atoms with Gasteiger partial charge in [-0.3, -0.25) is 0 Å². The van der Waals surface area contributed by atoms with E-state index >= 15 is 0 Å². The number of rotatable bonds is 3. The van der Waals surface area contributed by atoms with E-state index in [1.165, 1.54) is 71.1 Å². The maximum Gasteiger partial charge on any atom is 0.0309 e. The molecule has 0 atom stereocenters. The molecule has 1 spiro atoms. The van der Waals surface area contributed by atoms with Crippen molar-refractivity contribution >= 4 is 0 Å². The maximum atomic E-state index is 3.79. The zero-order valence-electron chi connectivity index (χ0n) is 9.80. The molecule has 3 rings (SSSR count). The van der Waals surface area contributed by atoms with Crippen LogP contribution in [0.5, 0.6) is 0 Å². The van der Waals surface area contributed by atoms with E-state index in [2.05, 4.69) is 10.2 Å². The summed E-state index contributed by atoms with van der Waals surface area (Å²) in [5, 5.41) is 3.79. The molecule has 1 saturated heterocycles. The van der Waals surface area contributed by atoms with Gasteiger partial charge in [-0.25, -0.2) is 0 Å². The number of hydrogen-bond donors (Lipinski definition) is 1. The predicted octanol–water partition coefficient (Wildman–Crippen LogP) is 2.00. The topological polar surface area (TPSA) is 15.3 Å². The molecule has 86 valence electrons. The SMILES string of the molecule is C1CCC2(C1)CN(CCC1CC1)CCN2. The molecule has 0 amide bonds. The van der Waals surface area contributed by atoms with E-state index < -0.39 is 0 Å². The highest BCUT2D eigenvalue weighted by molar-refractivity contribution is 4.98. The monoisotopic (exact) mass is 208 g/mol. The van der Waals surface area contributed by atoms with Crippen LogP contribution in [-0.4, -0.2) is 36.6 Å². The van der Waals surface area contributed by atoms with Crippen molar-refractivity contribution in [2.75, 3.05) is 26.2 Å². The van der Waals surface area contributed by atoms with Crippen molar-refractivity contribution in [2.45, 2.75) is 50.5 Å². The van der Waals surface area contributed by atoms with Crippen molar-refractivity contribution in [1.82, 2.24) is 10.2 Å². The van der Waals surface area contributed by atoms with E-state index in [9.17, 15) is 0 Å². The first-order valence-corrected chi connectivity index (χ1v) is 6.84. The third-order valence-electron chi connectivity index (χ3n) is 4.57. The molecule has 1 N–H and O–H groups in total. The van der Waals surface area contributed by atoms with Gasteiger partial charge in [-0.1, -0.05) is 25.7 Å². The fourth-order valence-electron chi connectivity index (χ4n) is 3.39. The van der Waals surface area contributed by atoms with Gasteiger partial charge in [0, 0.05) is 25.2 Å². The maximum absolute atomic E-state index is 3.79. The zero-order chi connectivity index (χ0) is 10.1. The lowest BCUT2D eigenvalue weighted by Gasteiger charge is -2.41. The smallest absolute Gasteiger partial charge is 0.0309 e. The van der Waals surface area contributed by atoms with Crippen LogP contribution in [0.1, 0.15) is 44.9 Å². The molecule has 2 heteroatoms. The average molecular weight is 208 g/mol. The molecule has 0 aromatic heterocycles. The molecule has 0 aromatic carbocycles. The van der Waals surface area contributed by atoms with Gasteiger partial charge in [-0.15, -0.1) is 0 Å². The minimum absolute atomic E-state index is 0.530. The Labute approximate surface area is 93.4 Å². The second kappa shape index (κ2) is 4.06. The Bertz CT molecular complexity index is 217. The Morgan fingerprint density at radius 1 is 1.20 bits per heavy atom. The summed E-state index contributed by atoms with van der Waals surface area (Å²) in [6.45, 7) is 5.22. The molecule has 3 aliphatic rings. The Morgan fingerprint density at radius 3 is 2.73 bits per heavy atom. The van der Waals surface area contributed by atoms with Crippen LogP contribution in [0.4, 0.5) is 0 Å². The van der Waals surface area contributed by atoms with Crippen LogP contribution >= 0.6 is 0 Å². The standard InChI is InChI=1S/C13H24N2/c1-2-7-13(6-1)11-15(10-8-14-13)9-5-12-3-4-12/h12,14H,1-11H2. The fraction of sp³-hybridized carbons (Fsp3) is 1.00. The molecular formula is C13H24N2.